The fourth-order valence-corrected chi connectivity index (χ4v) is 2.55. The Balaban J connectivity index is 2.22. The molecule has 0 saturated carbocycles. The average Bonchev–Trinajstić information content (AvgIpc) is 2.68. The third-order valence-electron chi connectivity index (χ3n) is 2.55. The zero-order valence-corrected chi connectivity index (χ0v) is 10.9. The average molecular weight is 270 g/mol. The second-order valence-electron chi connectivity index (χ2n) is 3.67. The van der Waals surface area contributed by atoms with Gasteiger partial charge in [0.1, 0.15) is 0 Å². The van der Waals surface area contributed by atoms with Gasteiger partial charge in [0.15, 0.2) is 11.5 Å². The van der Waals surface area contributed by atoms with Gasteiger partial charge in [0.25, 0.3) is 0 Å². The minimum absolute atomic E-state index is 0.242. The molecule has 0 radical (unpaired) electrons. The Kier molecular flexibility index (Phi) is 3.33. The van der Waals surface area contributed by atoms with Crippen LogP contribution in [0, 0.1) is 0 Å². The maximum atomic E-state index is 11.5. The van der Waals surface area contributed by atoms with E-state index in [0.29, 0.717) is 11.5 Å². The molecule has 0 fully saturated rings. The Bertz CT molecular complexity index is 568. The van der Waals surface area contributed by atoms with Crippen molar-refractivity contribution in [3.05, 3.63) is 36.2 Å². The Morgan fingerprint density at radius 2 is 1.94 bits per heavy atom. The van der Waals surface area contributed by atoms with Crippen molar-refractivity contribution >= 4 is 10.2 Å². The molecule has 0 saturated heterocycles. The molecule has 98 valence electrons. The first kappa shape index (κ1) is 12.6. The van der Waals surface area contributed by atoms with E-state index in [9.17, 15) is 8.42 Å². The van der Waals surface area contributed by atoms with Crippen molar-refractivity contribution in [3.8, 4) is 11.5 Å². The number of ether oxygens (including phenoxy) is 2. The van der Waals surface area contributed by atoms with E-state index in [2.05, 4.69) is 4.72 Å². The van der Waals surface area contributed by atoms with E-state index in [1.54, 1.807) is 25.3 Å². The van der Waals surface area contributed by atoms with Crippen molar-refractivity contribution in [2.45, 2.75) is 6.54 Å². The quantitative estimate of drug-likeness (QED) is 0.879. The highest BCUT2D eigenvalue weighted by molar-refractivity contribution is 7.87. The summed E-state index contributed by atoms with van der Waals surface area (Å²) < 4.78 is 36.9. The second kappa shape index (κ2) is 4.77. The van der Waals surface area contributed by atoms with E-state index in [0.717, 1.165) is 5.56 Å². The summed E-state index contributed by atoms with van der Waals surface area (Å²) in [6.07, 6.45) is 2.86. The molecule has 0 amide bonds. The van der Waals surface area contributed by atoms with Gasteiger partial charge in [-0.3, -0.25) is 9.03 Å². The molecule has 0 aromatic heterocycles. The summed E-state index contributed by atoms with van der Waals surface area (Å²) in [5, 5.41) is 0. The lowest BCUT2D eigenvalue weighted by molar-refractivity contribution is 0.354. The number of hydrogen-bond donors (Lipinski definition) is 1. The summed E-state index contributed by atoms with van der Waals surface area (Å²) in [5.41, 5.74) is 0.810. The minimum atomic E-state index is -3.42. The van der Waals surface area contributed by atoms with Gasteiger partial charge in [0.2, 0.25) is 0 Å². The summed E-state index contributed by atoms with van der Waals surface area (Å²) in [4.78, 5) is 0. The van der Waals surface area contributed by atoms with Crippen molar-refractivity contribution < 1.29 is 17.9 Å². The normalized spacial score (nSPS) is 16.4. The lowest BCUT2D eigenvalue weighted by atomic mass is 10.2. The number of benzene rings is 1. The molecule has 1 aromatic rings. The van der Waals surface area contributed by atoms with Gasteiger partial charge in [-0.25, -0.2) is 0 Å². The van der Waals surface area contributed by atoms with Gasteiger partial charge in [-0.15, -0.1) is 0 Å². The first-order valence-electron chi connectivity index (χ1n) is 5.23. The Labute approximate surface area is 106 Å². The molecule has 1 N–H and O–H groups in total. The summed E-state index contributed by atoms with van der Waals surface area (Å²) in [6, 6.07) is 5.29. The lowest BCUT2D eigenvalue weighted by Crippen LogP contribution is -2.28. The van der Waals surface area contributed by atoms with Crippen molar-refractivity contribution in [3.63, 3.8) is 0 Å². The second-order valence-corrected chi connectivity index (χ2v) is 5.33. The van der Waals surface area contributed by atoms with Crippen LogP contribution in [0.4, 0.5) is 0 Å². The monoisotopic (exact) mass is 270 g/mol. The maximum Gasteiger partial charge on any atom is 0.323 e. The van der Waals surface area contributed by atoms with Crippen LogP contribution in [0.3, 0.4) is 0 Å². The Hall–Kier alpha value is -1.89. The van der Waals surface area contributed by atoms with Gasteiger partial charge in [-0.1, -0.05) is 6.07 Å². The first-order chi connectivity index (χ1) is 8.56. The van der Waals surface area contributed by atoms with Crippen LogP contribution >= 0.6 is 0 Å². The van der Waals surface area contributed by atoms with E-state index in [1.165, 1.54) is 23.8 Å². The van der Waals surface area contributed by atoms with Crippen LogP contribution < -0.4 is 14.2 Å². The van der Waals surface area contributed by atoms with Gasteiger partial charge < -0.3 is 9.47 Å². The summed E-state index contributed by atoms with van der Waals surface area (Å²) in [7, 11) is -0.332. The molecule has 1 heterocycles. The largest absolute Gasteiger partial charge is 0.493 e. The molecule has 0 aliphatic carbocycles. The van der Waals surface area contributed by atoms with Crippen LogP contribution in [0.15, 0.2) is 30.6 Å². The topological polar surface area (TPSA) is 67.9 Å². The molecular weight excluding hydrogens is 256 g/mol. The van der Waals surface area contributed by atoms with E-state index < -0.39 is 10.2 Å². The number of nitrogens with one attached hydrogen (secondary N) is 1. The number of methoxy groups -OCH3 is 2. The van der Waals surface area contributed by atoms with Crippen LogP contribution in [0.2, 0.25) is 0 Å². The fourth-order valence-electron chi connectivity index (χ4n) is 1.64. The van der Waals surface area contributed by atoms with Crippen LogP contribution in [0.5, 0.6) is 11.5 Å². The minimum Gasteiger partial charge on any atom is -0.493 e. The molecule has 2 rings (SSSR count). The standard InChI is InChI=1S/C11H14N2O4S/c1-16-10-4-3-9(7-11(10)17-2)8-13-6-5-12-18(13,14)15/h3-7,12H,8H2,1-2H3. The third kappa shape index (κ3) is 2.35. The molecular formula is C11H14N2O4S. The molecule has 7 heteroatoms. The van der Waals surface area contributed by atoms with Crippen LogP contribution in [0.25, 0.3) is 0 Å². The first-order valence-corrected chi connectivity index (χ1v) is 6.67. The van der Waals surface area contributed by atoms with E-state index in [-0.39, 0.29) is 6.54 Å². The highest BCUT2D eigenvalue weighted by atomic mass is 32.2. The zero-order valence-electron chi connectivity index (χ0n) is 10.1. The molecule has 0 unspecified atom stereocenters. The molecule has 0 spiro atoms. The molecule has 18 heavy (non-hydrogen) atoms. The van der Waals surface area contributed by atoms with Crippen LogP contribution in [-0.2, 0) is 16.8 Å². The molecule has 1 aliphatic heterocycles. The van der Waals surface area contributed by atoms with Crippen molar-refractivity contribution in [1.82, 2.24) is 9.03 Å². The predicted molar refractivity (Wildman–Crippen MR) is 66.3 cm³/mol. The highest BCUT2D eigenvalue weighted by Gasteiger charge is 2.22. The molecule has 1 aromatic carbocycles. The van der Waals surface area contributed by atoms with Crippen LogP contribution in [-0.4, -0.2) is 26.9 Å². The van der Waals surface area contributed by atoms with E-state index in [1.807, 2.05) is 0 Å². The summed E-state index contributed by atoms with van der Waals surface area (Å²) >= 11 is 0. The van der Waals surface area contributed by atoms with Crippen molar-refractivity contribution in [2.24, 2.45) is 0 Å². The van der Waals surface area contributed by atoms with Crippen molar-refractivity contribution in [2.75, 3.05) is 14.2 Å². The maximum absolute atomic E-state index is 11.5. The highest BCUT2D eigenvalue weighted by Crippen LogP contribution is 2.28. The van der Waals surface area contributed by atoms with Gasteiger partial charge >= 0.3 is 10.2 Å². The third-order valence-corrected chi connectivity index (χ3v) is 3.86. The zero-order chi connectivity index (χ0) is 13.2. The Morgan fingerprint density at radius 1 is 1.22 bits per heavy atom. The molecule has 6 nitrogen and oxygen atoms in total. The number of hydrogen-bond acceptors (Lipinski definition) is 4. The van der Waals surface area contributed by atoms with Crippen molar-refractivity contribution in [1.29, 1.82) is 0 Å². The summed E-state index contributed by atoms with van der Waals surface area (Å²) in [6.45, 7) is 0.242. The van der Waals surface area contributed by atoms with Gasteiger partial charge in [-0.05, 0) is 17.7 Å². The predicted octanol–water partition coefficient (Wildman–Crippen LogP) is 0.825. The van der Waals surface area contributed by atoms with E-state index in [4.69, 9.17) is 9.47 Å². The fraction of sp³-hybridized carbons (Fsp3) is 0.273. The van der Waals surface area contributed by atoms with Gasteiger partial charge in [0.05, 0.1) is 20.8 Å². The molecule has 0 atom stereocenters. The number of rotatable bonds is 4. The Morgan fingerprint density at radius 3 is 2.50 bits per heavy atom. The number of nitrogens with zero attached hydrogens (tertiary/aromatic N) is 1. The SMILES string of the molecule is COc1ccc(CN2C=CNS2(=O)=O)cc1OC. The lowest BCUT2D eigenvalue weighted by Gasteiger charge is -2.15. The van der Waals surface area contributed by atoms with Gasteiger partial charge in [-0.2, -0.15) is 8.42 Å². The van der Waals surface area contributed by atoms with E-state index >= 15 is 0 Å². The molecule has 1 aliphatic rings. The van der Waals surface area contributed by atoms with Crippen LogP contribution in [0.1, 0.15) is 5.56 Å². The van der Waals surface area contributed by atoms with Gasteiger partial charge in [0, 0.05) is 12.4 Å². The summed E-state index contributed by atoms with van der Waals surface area (Å²) in [5.74, 6) is 1.18. The molecule has 0 bridgehead atoms. The smallest absolute Gasteiger partial charge is 0.323 e.